The first-order valence-electron chi connectivity index (χ1n) is 7.95. The molecule has 0 aliphatic heterocycles. The summed E-state index contributed by atoms with van der Waals surface area (Å²) in [6.45, 7) is 4.39. The van der Waals surface area contributed by atoms with Crippen molar-refractivity contribution in [2.45, 2.75) is 18.4 Å². The van der Waals surface area contributed by atoms with Crippen LogP contribution >= 0.6 is 11.8 Å². The van der Waals surface area contributed by atoms with E-state index in [0.717, 1.165) is 23.5 Å². The number of rotatable bonds is 6. The van der Waals surface area contributed by atoms with E-state index in [1.807, 2.05) is 38.4 Å². The van der Waals surface area contributed by atoms with Gasteiger partial charge in [-0.3, -0.25) is 5.41 Å². The molecule has 0 amide bonds. The fourth-order valence-electron chi connectivity index (χ4n) is 2.23. The molecule has 0 saturated carbocycles. The van der Waals surface area contributed by atoms with Gasteiger partial charge in [-0.15, -0.1) is 0 Å². The average Bonchev–Trinajstić information content (AvgIpc) is 2.55. The number of phenolic OH excluding ortho intramolecular Hbond substituents is 1. The minimum atomic E-state index is 0.267. The predicted molar refractivity (Wildman–Crippen MR) is 102 cm³/mol. The Labute approximate surface area is 148 Å². The maximum absolute atomic E-state index is 9.43. The van der Waals surface area contributed by atoms with Gasteiger partial charge in [0, 0.05) is 24.5 Å². The van der Waals surface area contributed by atoms with Crippen LogP contribution in [0.1, 0.15) is 11.1 Å². The molecule has 128 valence electrons. The van der Waals surface area contributed by atoms with Gasteiger partial charge in [0.1, 0.15) is 5.75 Å². The van der Waals surface area contributed by atoms with Crippen molar-refractivity contribution >= 4 is 16.9 Å². The van der Waals surface area contributed by atoms with Gasteiger partial charge in [-0.2, -0.15) is 0 Å². The van der Waals surface area contributed by atoms with E-state index in [9.17, 15) is 5.11 Å². The molecule has 0 aromatic heterocycles. The van der Waals surface area contributed by atoms with E-state index < -0.39 is 0 Å². The molecule has 0 unspecified atom stereocenters. The molecule has 2 aromatic carbocycles. The summed E-state index contributed by atoms with van der Waals surface area (Å²) in [5, 5.41) is 18.5. The van der Waals surface area contributed by atoms with Gasteiger partial charge >= 0.3 is 0 Å². The lowest BCUT2D eigenvalue weighted by atomic mass is 10.2. The van der Waals surface area contributed by atoms with E-state index in [1.165, 1.54) is 17.3 Å². The number of hydrogen-bond donors (Lipinski definition) is 2. The van der Waals surface area contributed by atoms with Crippen LogP contribution in [0.25, 0.3) is 0 Å². The molecule has 4 nitrogen and oxygen atoms in total. The average molecular weight is 343 g/mol. The van der Waals surface area contributed by atoms with Gasteiger partial charge in [-0.25, -0.2) is 0 Å². The second kappa shape index (κ2) is 8.76. The second-order valence-corrected chi connectivity index (χ2v) is 7.09. The molecule has 0 bridgehead atoms. The number of thioether (sulfide) groups is 1. The van der Waals surface area contributed by atoms with Crippen molar-refractivity contribution in [1.29, 1.82) is 5.41 Å². The Hall–Kier alpha value is -1.98. The number of aryl methyl sites for hydroxylation is 1. The van der Waals surface area contributed by atoms with Crippen LogP contribution in [0.15, 0.2) is 53.4 Å². The molecule has 5 heteroatoms. The molecule has 2 aromatic rings. The van der Waals surface area contributed by atoms with Crippen LogP contribution in [0.3, 0.4) is 0 Å². The van der Waals surface area contributed by atoms with Crippen LogP contribution in [0.2, 0.25) is 0 Å². The molecule has 0 radical (unpaired) electrons. The molecular formula is C19H25N3OS. The maximum atomic E-state index is 9.43. The molecule has 0 aliphatic rings. The largest absolute Gasteiger partial charge is 0.508 e. The summed E-state index contributed by atoms with van der Waals surface area (Å²) in [6, 6.07) is 15.3. The number of nitrogens with one attached hydrogen (secondary N) is 1. The summed E-state index contributed by atoms with van der Waals surface area (Å²) in [5.41, 5.74) is 2.27. The van der Waals surface area contributed by atoms with Crippen molar-refractivity contribution in [3.63, 3.8) is 0 Å². The van der Waals surface area contributed by atoms with Crippen LogP contribution in [-0.2, 0) is 6.54 Å². The summed E-state index contributed by atoms with van der Waals surface area (Å²) in [6.07, 6.45) is 0. The third-order valence-corrected chi connectivity index (χ3v) is 4.84. The fourth-order valence-corrected chi connectivity index (χ4v) is 3.10. The molecule has 0 heterocycles. The first-order chi connectivity index (χ1) is 11.5. The first-order valence-corrected chi connectivity index (χ1v) is 8.77. The highest BCUT2D eigenvalue weighted by atomic mass is 32.2. The number of hydrogen-bond acceptors (Lipinski definition) is 4. The molecule has 24 heavy (non-hydrogen) atoms. The third kappa shape index (κ3) is 5.58. The Bertz CT molecular complexity index is 671. The lowest BCUT2D eigenvalue weighted by Crippen LogP contribution is -2.34. The van der Waals surface area contributed by atoms with Crippen molar-refractivity contribution in [3.05, 3.63) is 59.7 Å². The minimum Gasteiger partial charge on any atom is -0.508 e. The quantitative estimate of drug-likeness (QED) is 0.476. The standard InChI is InChI=1S/C19H25N3OS/c1-15-6-4-5-7-18(15)24-19(20)22(13-12-21(2)3)14-16-8-10-17(23)11-9-16/h4-11,20,23H,12-14H2,1-3H3. The zero-order chi connectivity index (χ0) is 17.5. The van der Waals surface area contributed by atoms with E-state index >= 15 is 0 Å². The number of phenols is 1. The van der Waals surface area contributed by atoms with Gasteiger partial charge in [0.25, 0.3) is 0 Å². The monoisotopic (exact) mass is 343 g/mol. The third-order valence-electron chi connectivity index (χ3n) is 3.71. The van der Waals surface area contributed by atoms with Crippen LogP contribution in [-0.4, -0.2) is 47.3 Å². The summed E-state index contributed by atoms with van der Waals surface area (Å²) in [4.78, 5) is 5.31. The fraction of sp³-hybridized carbons (Fsp3) is 0.316. The Morgan fingerprint density at radius 3 is 2.33 bits per heavy atom. The van der Waals surface area contributed by atoms with Crippen LogP contribution in [0, 0.1) is 12.3 Å². The van der Waals surface area contributed by atoms with E-state index in [1.54, 1.807) is 12.1 Å². The van der Waals surface area contributed by atoms with Crippen LogP contribution in [0.5, 0.6) is 5.75 Å². The number of nitrogens with zero attached hydrogens (tertiary/aromatic N) is 2. The van der Waals surface area contributed by atoms with E-state index in [-0.39, 0.29) is 5.75 Å². The molecular weight excluding hydrogens is 318 g/mol. The van der Waals surface area contributed by atoms with Crippen LogP contribution < -0.4 is 0 Å². The van der Waals surface area contributed by atoms with Gasteiger partial charge < -0.3 is 14.9 Å². The molecule has 0 atom stereocenters. The van der Waals surface area contributed by atoms with Crippen molar-refractivity contribution in [2.24, 2.45) is 0 Å². The molecule has 2 rings (SSSR count). The summed E-state index contributed by atoms with van der Waals surface area (Å²) in [5.74, 6) is 0.267. The number of benzene rings is 2. The van der Waals surface area contributed by atoms with Gasteiger partial charge in [0.2, 0.25) is 0 Å². The summed E-state index contributed by atoms with van der Waals surface area (Å²) >= 11 is 1.49. The maximum Gasteiger partial charge on any atom is 0.161 e. The number of aromatic hydroxyl groups is 1. The Kier molecular flexibility index (Phi) is 6.70. The van der Waals surface area contributed by atoms with Gasteiger partial charge in [0.15, 0.2) is 5.17 Å². The van der Waals surface area contributed by atoms with E-state index in [0.29, 0.717) is 11.7 Å². The Morgan fingerprint density at radius 2 is 1.71 bits per heavy atom. The zero-order valence-corrected chi connectivity index (χ0v) is 15.3. The molecule has 2 N–H and O–H groups in total. The van der Waals surface area contributed by atoms with Gasteiger partial charge in [-0.05, 0) is 50.3 Å². The van der Waals surface area contributed by atoms with E-state index in [2.05, 4.69) is 28.9 Å². The second-order valence-electron chi connectivity index (χ2n) is 6.06. The zero-order valence-electron chi connectivity index (χ0n) is 14.5. The highest BCUT2D eigenvalue weighted by molar-refractivity contribution is 8.13. The van der Waals surface area contributed by atoms with Crippen molar-refractivity contribution in [1.82, 2.24) is 9.80 Å². The molecule has 0 saturated heterocycles. The molecule has 0 fully saturated rings. The SMILES string of the molecule is Cc1ccccc1SC(=N)N(CCN(C)C)Cc1ccc(O)cc1. The topological polar surface area (TPSA) is 50.6 Å². The summed E-state index contributed by atoms with van der Waals surface area (Å²) in [7, 11) is 4.08. The van der Waals surface area contributed by atoms with Crippen molar-refractivity contribution in [3.8, 4) is 5.75 Å². The predicted octanol–water partition coefficient (Wildman–Crippen LogP) is 3.79. The van der Waals surface area contributed by atoms with E-state index in [4.69, 9.17) is 5.41 Å². The van der Waals surface area contributed by atoms with Crippen molar-refractivity contribution in [2.75, 3.05) is 27.2 Å². The first kappa shape index (κ1) is 18.4. The van der Waals surface area contributed by atoms with Gasteiger partial charge in [0.05, 0.1) is 0 Å². The number of likely N-dealkylation sites (N-methyl/N-ethyl adjacent to an activating group) is 1. The lowest BCUT2D eigenvalue weighted by molar-refractivity contribution is 0.328. The highest BCUT2D eigenvalue weighted by Gasteiger charge is 2.13. The molecule has 0 spiro atoms. The smallest absolute Gasteiger partial charge is 0.161 e. The number of amidine groups is 1. The van der Waals surface area contributed by atoms with Gasteiger partial charge in [-0.1, -0.05) is 42.1 Å². The minimum absolute atomic E-state index is 0.267. The van der Waals surface area contributed by atoms with Crippen LogP contribution in [0.4, 0.5) is 0 Å². The normalized spacial score (nSPS) is 10.8. The highest BCUT2D eigenvalue weighted by Crippen LogP contribution is 2.25. The van der Waals surface area contributed by atoms with Crippen molar-refractivity contribution < 1.29 is 5.11 Å². The summed E-state index contributed by atoms with van der Waals surface area (Å²) < 4.78 is 0. The Morgan fingerprint density at radius 1 is 1.04 bits per heavy atom. The Balaban J connectivity index is 2.10. The molecule has 0 aliphatic carbocycles. The lowest BCUT2D eigenvalue weighted by Gasteiger charge is -2.26.